The van der Waals surface area contributed by atoms with E-state index in [4.69, 9.17) is 5.73 Å². The van der Waals surface area contributed by atoms with Crippen molar-refractivity contribution < 1.29 is 4.39 Å². The van der Waals surface area contributed by atoms with Crippen molar-refractivity contribution in [3.63, 3.8) is 0 Å². The Balaban J connectivity index is 2.70. The second-order valence-corrected chi connectivity index (χ2v) is 3.87. The van der Waals surface area contributed by atoms with Gasteiger partial charge >= 0.3 is 0 Å². The average molecular weight is 216 g/mol. The lowest BCUT2D eigenvalue weighted by atomic mass is 9.98. The third kappa shape index (κ3) is 1.76. The number of aromatic nitrogens is 1. The van der Waals surface area contributed by atoms with Gasteiger partial charge in [-0.3, -0.25) is 0 Å². The lowest BCUT2D eigenvalue weighted by Gasteiger charge is -2.10. The Hall–Kier alpha value is -1.90. The molecule has 0 saturated heterocycles. The molecule has 0 unspecified atom stereocenters. The Bertz CT molecular complexity index is 512. The highest BCUT2D eigenvalue weighted by atomic mass is 19.1. The Morgan fingerprint density at radius 2 is 2.00 bits per heavy atom. The van der Waals surface area contributed by atoms with Crippen LogP contribution in [0.2, 0.25) is 0 Å². The fourth-order valence-corrected chi connectivity index (χ4v) is 1.89. The van der Waals surface area contributed by atoms with E-state index in [9.17, 15) is 4.39 Å². The summed E-state index contributed by atoms with van der Waals surface area (Å²) in [6.07, 6.45) is 1.60. The molecule has 1 aromatic heterocycles. The van der Waals surface area contributed by atoms with E-state index in [2.05, 4.69) is 4.98 Å². The van der Waals surface area contributed by atoms with Gasteiger partial charge in [0.15, 0.2) is 0 Å². The number of benzene rings is 1. The molecule has 3 heteroatoms. The van der Waals surface area contributed by atoms with Crippen LogP contribution in [0.1, 0.15) is 11.1 Å². The van der Waals surface area contributed by atoms with E-state index >= 15 is 0 Å². The van der Waals surface area contributed by atoms with Gasteiger partial charge in [0.1, 0.15) is 11.6 Å². The summed E-state index contributed by atoms with van der Waals surface area (Å²) in [7, 11) is 0. The molecule has 1 aromatic carbocycles. The van der Waals surface area contributed by atoms with Gasteiger partial charge in [0.2, 0.25) is 0 Å². The quantitative estimate of drug-likeness (QED) is 0.795. The second kappa shape index (κ2) is 3.93. The third-order valence-corrected chi connectivity index (χ3v) is 2.54. The molecule has 0 spiro atoms. The zero-order valence-corrected chi connectivity index (χ0v) is 9.29. The number of halogens is 1. The Labute approximate surface area is 93.9 Å². The van der Waals surface area contributed by atoms with E-state index in [1.807, 2.05) is 19.9 Å². The molecule has 0 aliphatic rings. The minimum absolute atomic E-state index is 0.253. The highest BCUT2D eigenvalue weighted by Gasteiger charge is 2.12. The number of aryl methyl sites for hydroxylation is 2. The van der Waals surface area contributed by atoms with Gasteiger partial charge in [-0.1, -0.05) is 6.07 Å². The zero-order valence-electron chi connectivity index (χ0n) is 9.29. The summed E-state index contributed by atoms with van der Waals surface area (Å²) in [5, 5.41) is 0. The van der Waals surface area contributed by atoms with Crippen LogP contribution in [0.4, 0.5) is 10.2 Å². The van der Waals surface area contributed by atoms with Crippen LogP contribution >= 0.6 is 0 Å². The lowest BCUT2D eigenvalue weighted by Crippen LogP contribution is -1.97. The van der Waals surface area contributed by atoms with Crippen LogP contribution in [0.3, 0.4) is 0 Å². The number of rotatable bonds is 1. The molecule has 16 heavy (non-hydrogen) atoms. The topological polar surface area (TPSA) is 38.9 Å². The van der Waals surface area contributed by atoms with Gasteiger partial charge in [0.25, 0.3) is 0 Å². The van der Waals surface area contributed by atoms with E-state index in [0.29, 0.717) is 16.9 Å². The molecular formula is C13H13FN2. The maximum Gasteiger partial charge on any atom is 0.131 e. The van der Waals surface area contributed by atoms with E-state index < -0.39 is 0 Å². The first-order valence-electron chi connectivity index (χ1n) is 5.07. The molecule has 2 aromatic rings. The summed E-state index contributed by atoms with van der Waals surface area (Å²) in [6, 6.07) is 6.98. The van der Waals surface area contributed by atoms with E-state index in [1.54, 1.807) is 18.3 Å². The van der Waals surface area contributed by atoms with E-state index in [-0.39, 0.29) is 5.82 Å². The molecule has 82 valence electrons. The first-order chi connectivity index (χ1) is 7.59. The summed E-state index contributed by atoms with van der Waals surface area (Å²) in [5.74, 6) is 0.102. The van der Waals surface area contributed by atoms with Crippen molar-refractivity contribution in [1.82, 2.24) is 4.98 Å². The number of anilines is 1. The monoisotopic (exact) mass is 216 g/mol. The van der Waals surface area contributed by atoms with Gasteiger partial charge in [-0.15, -0.1) is 0 Å². The molecule has 0 saturated carbocycles. The van der Waals surface area contributed by atoms with Gasteiger partial charge in [-0.25, -0.2) is 9.37 Å². The minimum atomic E-state index is -0.253. The number of nitrogens with two attached hydrogens (primary N) is 1. The van der Waals surface area contributed by atoms with Crippen molar-refractivity contribution in [2.45, 2.75) is 13.8 Å². The maximum absolute atomic E-state index is 13.9. The van der Waals surface area contributed by atoms with Crippen LogP contribution in [0.15, 0.2) is 30.5 Å². The minimum Gasteiger partial charge on any atom is -0.383 e. The molecule has 0 aliphatic carbocycles. The summed E-state index contributed by atoms with van der Waals surface area (Å²) < 4.78 is 13.9. The largest absolute Gasteiger partial charge is 0.383 e. The van der Waals surface area contributed by atoms with Gasteiger partial charge in [-0.05, 0) is 43.2 Å². The summed E-state index contributed by atoms with van der Waals surface area (Å²) in [6.45, 7) is 3.74. The van der Waals surface area contributed by atoms with Crippen LogP contribution in [-0.4, -0.2) is 4.98 Å². The summed E-state index contributed by atoms with van der Waals surface area (Å²) >= 11 is 0. The predicted octanol–water partition coefficient (Wildman–Crippen LogP) is 3.09. The first kappa shape index (κ1) is 10.6. The first-order valence-corrected chi connectivity index (χ1v) is 5.07. The lowest BCUT2D eigenvalue weighted by molar-refractivity contribution is 0.629. The molecule has 0 bridgehead atoms. The second-order valence-electron chi connectivity index (χ2n) is 3.87. The van der Waals surface area contributed by atoms with E-state index in [1.165, 1.54) is 6.07 Å². The predicted molar refractivity (Wildman–Crippen MR) is 63.5 cm³/mol. The number of hydrogen-bond acceptors (Lipinski definition) is 2. The van der Waals surface area contributed by atoms with Crippen LogP contribution in [0.5, 0.6) is 0 Å². The summed E-state index contributed by atoms with van der Waals surface area (Å²) in [4.78, 5) is 3.97. The number of nitrogen functional groups attached to an aromatic ring is 1. The molecular weight excluding hydrogens is 203 g/mol. The highest BCUT2D eigenvalue weighted by Crippen LogP contribution is 2.30. The van der Waals surface area contributed by atoms with E-state index in [0.717, 1.165) is 11.1 Å². The van der Waals surface area contributed by atoms with Crippen molar-refractivity contribution in [2.24, 2.45) is 0 Å². The smallest absolute Gasteiger partial charge is 0.131 e. The fraction of sp³-hybridized carbons (Fsp3) is 0.154. The Morgan fingerprint density at radius 3 is 2.62 bits per heavy atom. The molecule has 1 heterocycles. The van der Waals surface area contributed by atoms with Crippen LogP contribution in [0, 0.1) is 19.7 Å². The fourth-order valence-electron chi connectivity index (χ4n) is 1.89. The van der Waals surface area contributed by atoms with Crippen molar-refractivity contribution in [3.05, 3.63) is 47.4 Å². The number of nitrogens with zero attached hydrogens (tertiary/aromatic N) is 1. The number of hydrogen-bond donors (Lipinski definition) is 1. The maximum atomic E-state index is 13.9. The Morgan fingerprint density at radius 1 is 1.25 bits per heavy atom. The molecule has 0 fully saturated rings. The Kier molecular flexibility index (Phi) is 2.60. The zero-order chi connectivity index (χ0) is 11.7. The van der Waals surface area contributed by atoms with Crippen molar-refractivity contribution in [2.75, 3.05) is 5.73 Å². The van der Waals surface area contributed by atoms with Crippen LogP contribution in [-0.2, 0) is 0 Å². The molecule has 0 radical (unpaired) electrons. The van der Waals surface area contributed by atoms with Gasteiger partial charge in [0.05, 0.1) is 0 Å². The molecule has 0 aliphatic heterocycles. The molecule has 0 amide bonds. The van der Waals surface area contributed by atoms with Crippen molar-refractivity contribution in [3.8, 4) is 11.1 Å². The molecule has 2 N–H and O–H groups in total. The van der Waals surface area contributed by atoms with Gasteiger partial charge in [-0.2, -0.15) is 0 Å². The van der Waals surface area contributed by atoms with Crippen LogP contribution < -0.4 is 5.73 Å². The SMILES string of the molecule is Cc1cc(C)c(-c2cccnc2N)c(F)c1. The molecule has 2 nitrogen and oxygen atoms in total. The molecule has 2 rings (SSSR count). The van der Waals surface area contributed by atoms with Crippen molar-refractivity contribution in [1.29, 1.82) is 0 Å². The third-order valence-electron chi connectivity index (χ3n) is 2.54. The van der Waals surface area contributed by atoms with Gasteiger partial charge in [0, 0.05) is 17.3 Å². The van der Waals surface area contributed by atoms with Crippen LogP contribution in [0.25, 0.3) is 11.1 Å². The average Bonchev–Trinajstić information content (AvgIpc) is 2.19. The van der Waals surface area contributed by atoms with Crippen molar-refractivity contribution >= 4 is 5.82 Å². The van der Waals surface area contributed by atoms with Gasteiger partial charge < -0.3 is 5.73 Å². The summed E-state index contributed by atoms with van der Waals surface area (Å²) in [5.41, 5.74) is 8.72. The highest BCUT2D eigenvalue weighted by molar-refractivity contribution is 5.76. The normalized spacial score (nSPS) is 10.4. The number of pyridine rings is 1. The standard InChI is InChI=1S/C13H13FN2/c1-8-6-9(2)12(11(14)7-8)10-4-3-5-16-13(10)15/h3-7H,1-2H3,(H2,15,16). The molecule has 0 atom stereocenters.